The second-order valence-corrected chi connectivity index (χ2v) is 15.5. The molecule has 0 bridgehead atoms. The van der Waals surface area contributed by atoms with E-state index in [1.54, 1.807) is 56.5 Å². The summed E-state index contributed by atoms with van der Waals surface area (Å²) in [6.07, 6.45) is 1.04. The minimum atomic E-state index is -3.41. The number of anilines is 1. The highest BCUT2D eigenvalue weighted by molar-refractivity contribution is 6.72. The SMILES string of the molecule is C[C@H]1[C@H]([Si](C)(C)F)[C@@H](CCO)O[C@]12C(=O)N(Cc1cccc(-n3ncc4ccccc4c3=O)c1)c1ccc([N+](=O)[O-])cc12. The van der Waals surface area contributed by atoms with Gasteiger partial charge in [0.2, 0.25) is 8.41 Å². The van der Waals surface area contributed by atoms with Crippen molar-refractivity contribution in [3.8, 4) is 5.69 Å². The lowest BCUT2D eigenvalue weighted by atomic mass is 9.82. The van der Waals surface area contributed by atoms with E-state index in [1.807, 2.05) is 18.2 Å². The lowest BCUT2D eigenvalue weighted by Crippen LogP contribution is -2.45. The lowest BCUT2D eigenvalue weighted by Gasteiger charge is -2.31. The Hall–Kier alpha value is -4.26. The fraction of sp³-hybridized carbons (Fsp3) is 0.323. The molecule has 2 aliphatic heterocycles. The first-order valence-corrected chi connectivity index (χ1v) is 17.1. The second-order valence-electron chi connectivity index (χ2n) is 11.8. The van der Waals surface area contributed by atoms with Gasteiger partial charge < -0.3 is 18.9 Å². The zero-order valence-electron chi connectivity index (χ0n) is 23.9. The number of aromatic nitrogens is 2. The van der Waals surface area contributed by atoms with Crippen LogP contribution >= 0.6 is 0 Å². The van der Waals surface area contributed by atoms with Crippen LogP contribution in [0.25, 0.3) is 16.5 Å². The number of aliphatic hydroxyl groups is 1. The number of nitro groups is 1. The number of aliphatic hydroxyl groups excluding tert-OH is 1. The Morgan fingerprint density at radius 3 is 2.60 bits per heavy atom. The first kappa shape index (κ1) is 28.8. The van der Waals surface area contributed by atoms with E-state index in [0.717, 1.165) is 5.39 Å². The third-order valence-corrected chi connectivity index (χ3v) is 11.2. The van der Waals surface area contributed by atoms with Crippen molar-refractivity contribution in [1.29, 1.82) is 0 Å². The van der Waals surface area contributed by atoms with Crippen molar-refractivity contribution in [3.05, 3.63) is 105 Å². The predicted octanol–water partition coefficient (Wildman–Crippen LogP) is 5.00. The summed E-state index contributed by atoms with van der Waals surface area (Å²) in [6.45, 7) is 4.70. The summed E-state index contributed by atoms with van der Waals surface area (Å²) in [4.78, 5) is 40.4. The van der Waals surface area contributed by atoms with E-state index in [1.165, 1.54) is 27.8 Å². The number of rotatable bonds is 7. The van der Waals surface area contributed by atoms with E-state index >= 15 is 4.11 Å². The molecular weight excluding hydrogens is 571 g/mol. The molecule has 0 aliphatic carbocycles. The number of benzene rings is 3. The Morgan fingerprint density at radius 1 is 1.12 bits per heavy atom. The summed E-state index contributed by atoms with van der Waals surface area (Å²) >= 11 is 0. The first-order chi connectivity index (χ1) is 20.5. The number of amides is 1. The number of carbonyl (C=O) groups excluding carboxylic acids is 1. The van der Waals surface area contributed by atoms with E-state index in [0.29, 0.717) is 27.9 Å². The van der Waals surface area contributed by atoms with Crippen LogP contribution in [0.5, 0.6) is 0 Å². The van der Waals surface area contributed by atoms with E-state index in [4.69, 9.17) is 4.74 Å². The van der Waals surface area contributed by atoms with E-state index in [2.05, 4.69) is 5.10 Å². The molecule has 1 N–H and O–H groups in total. The third kappa shape index (κ3) is 4.57. The van der Waals surface area contributed by atoms with Gasteiger partial charge in [0.15, 0.2) is 5.60 Å². The normalized spacial score (nSPS) is 23.3. The second kappa shape index (κ2) is 10.5. The molecule has 1 saturated heterocycles. The quantitative estimate of drug-likeness (QED) is 0.137. The molecule has 0 saturated carbocycles. The van der Waals surface area contributed by atoms with Gasteiger partial charge in [0, 0.05) is 41.1 Å². The van der Waals surface area contributed by atoms with Crippen LogP contribution < -0.4 is 10.5 Å². The Labute approximate surface area is 247 Å². The van der Waals surface area contributed by atoms with Gasteiger partial charge in [-0.1, -0.05) is 37.3 Å². The van der Waals surface area contributed by atoms with E-state index < -0.39 is 42.4 Å². The molecule has 43 heavy (non-hydrogen) atoms. The molecule has 1 spiro atoms. The first-order valence-electron chi connectivity index (χ1n) is 14.1. The van der Waals surface area contributed by atoms with Crippen LogP contribution in [0.15, 0.2) is 77.7 Å². The minimum Gasteiger partial charge on any atom is -0.396 e. The largest absolute Gasteiger partial charge is 0.396 e. The zero-order valence-corrected chi connectivity index (χ0v) is 24.9. The van der Waals surface area contributed by atoms with Crippen LogP contribution in [0.1, 0.15) is 24.5 Å². The number of hydrogen-bond donors (Lipinski definition) is 1. The van der Waals surface area contributed by atoms with Gasteiger partial charge >= 0.3 is 0 Å². The van der Waals surface area contributed by atoms with Crippen molar-refractivity contribution in [3.63, 3.8) is 0 Å². The van der Waals surface area contributed by atoms with Crippen molar-refractivity contribution in [2.24, 2.45) is 5.92 Å². The van der Waals surface area contributed by atoms with Crippen molar-refractivity contribution in [2.45, 2.75) is 50.2 Å². The van der Waals surface area contributed by atoms with Crippen LogP contribution in [0.2, 0.25) is 18.6 Å². The van der Waals surface area contributed by atoms with Crippen LogP contribution in [0, 0.1) is 16.0 Å². The van der Waals surface area contributed by atoms with Gasteiger partial charge in [0.1, 0.15) is 0 Å². The summed E-state index contributed by atoms with van der Waals surface area (Å²) in [6, 6.07) is 18.5. The number of nitrogens with zero attached hydrogens (tertiary/aromatic N) is 4. The van der Waals surface area contributed by atoms with Gasteiger partial charge in [0.25, 0.3) is 17.2 Å². The number of hydrogen-bond acceptors (Lipinski definition) is 7. The van der Waals surface area contributed by atoms with Crippen LogP contribution in [0.3, 0.4) is 0 Å². The molecule has 4 atom stereocenters. The standard InChI is InChI=1S/C31H31FN4O6Si/c1-19-28(43(2,3)32)27(13-14-37)42-31(19)25-16-23(36(40)41)11-12-26(25)34(30(31)39)18-20-7-6-9-22(15-20)35-29(38)24-10-5-4-8-21(24)17-33-35/h4-12,15-17,19,27-28,37H,13-14,18H2,1-3H3/t19-,27+,28-,31+/m0/s1. The molecule has 222 valence electrons. The van der Waals surface area contributed by atoms with Gasteiger partial charge in [-0.15, -0.1) is 0 Å². The number of non-ortho nitro benzene ring substituents is 1. The Balaban J connectivity index is 1.43. The van der Waals surface area contributed by atoms with E-state index in [-0.39, 0.29) is 30.8 Å². The number of halogens is 1. The highest BCUT2D eigenvalue weighted by Crippen LogP contribution is 2.60. The maximum Gasteiger partial charge on any atom is 0.279 e. The zero-order chi connectivity index (χ0) is 30.7. The summed E-state index contributed by atoms with van der Waals surface area (Å²) < 4.78 is 23.5. The van der Waals surface area contributed by atoms with Gasteiger partial charge in [-0.05, 0) is 49.3 Å². The summed E-state index contributed by atoms with van der Waals surface area (Å²) in [5, 5.41) is 27.1. The average Bonchev–Trinajstić information content (AvgIpc) is 3.40. The molecule has 3 heterocycles. The fourth-order valence-corrected chi connectivity index (χ4v) is 9.49. The van der Waals surface area contributed by atoms with Crippen molar-refractivity contribution in [1.82, 2.24) is 9.78 Å². The predicted molar refractivity (Wildman–Crippen MR) is 161 cm³/mol. The van der Waals surface area contributed by atoms with E-state index in [9.17, 15) is 24.8 Å². The van der Waals surface area contributed by atoms with Gasteiger partial charge in [0.05, 0.1) is 40.5 Å². The number of ether oxygens (including phenoxy) is 1. The molecule has 2 aliphatic rings. The molecule has 12 heteroatoms. The Kier molecular flexibility index (Phi) is 7.02. The minimum absolute atomic E-state index is 0.0728. The van der Waals surface area contributed by atoms with Crippen molar-refractivity contribution >= 4 is 36.5 Å². The number of nitro benzene ring substituents is 1. The van der Waals surface area contributed by atoms with Crippen LogP contribution in [-0.4, -0.2) is 46.8 Å². The van der Waals surface area contributed by atoms with Gasteiger partial charge in [-0.25, -0.2) is 0 Å². The molecule has 10 nitrogen and oxygen atoms in total. The molecule has 3 aromatic carbocycles. The molecule has 1 aromatic heterocycles. The van der Waals surface area contributed by atoms with Crippen molar-refractivity contribution < 1.29 is 23.7 Å². The molecule has 0 radical (unpaired) electrons. The maximum absolute atomic E-state index is 15.8. The van der Waals surface area contributed by atoms with Gasteiger partial charge in [-0.3, -0.25) is 19.7 Å². The highest BCUT2D eigenvalue weighted by atomic mass is 28.4. The monoisotopic (exact) mass is 602 g/mol. The maximum atomic E-state index is 15.8. The lowest BCUT2D eigenvalue weighted by molar-refractivity contribution is -0.385. The Morgan fingerprint density at radius 2 is 1.88 bits per heavy atom. The molecular formula is C31H31FN4O6Si. The molecule has 1 amide bonds. The molecule has 4 aromatic rings. The van der Waals surface area contributed by atoms with Gasteiger partial charge in [-0.2, -0.15) is 9.78 Å². The topological polar surface area (TPSA) is 128 Å². The van der Waals surface area contributed by atoms with Crippen molar-refractivity contribution in [2.75, 3.05) is 11.5 Å². The molecule has 0 unspecified atom stereocenters. The molecule has 1 fully saturated rings. The van der Waals surface area contributed by atoms with Crippen LogP contribution in [-0.2, 0) is 21.7 Å². The fourth-order valence-electron chi connectivity index (χ4n) is 6.95. The molecule has 6 rings (SSSR count). The number of fused-ring (bicyclic) bond motifs is 3. The summed E-state index contributed by atoms with van der Waals surface area (Å²) in [7, 11) is -3.41. The average molecular weight is 603 g/mol. The number of carbonyl (C=O) groups is 1. The highest BCUT2D eigenvalue weighted by Gasteiger charge is 2.66. The summed E-state index contributed by atoms with van der Waals surface area (Å²) in [5.41, 5.74) is -0.786. The third-order valence-electron chi connectivity index (χ3n) is 8.76. The van der Waals surface area contributed by atoms with Crippen LogP contribution in [0.4, 0.5) is 15.5 Å². The summed E-state index contributed by atoms with van der Waals surface area (Å²) in [5.74, 6) is -1.08. The smallest absolute Gasteiger partial charge is 0.279 e. The Bertz CT molecular complexity index is 1820.